The molecular formula is C14H22N2O2. The molecule has 1 aromatic rings. The molecule has 1 aliphatic rings. The first-order valence-electron chi connectivity index (χ1n) is 6.63. The zero-order valence-corrected chi connectivity index (χ0v) is 11.1. The highest BCUT2D eigenvalue weighted by Crippen LogP contribution is 2.32. The number of hydrogen-bond donors (Lipinski definition) is 1. The van der Waals surface area contributed by atoms with Gasteiger partial charge >= 0.3 is 0 Å². The monoisotopic (exact) mass is 250 g/mol. The van der Waals surface area contributed by atoms with E-state index in [-0.39, 0.29) is 6.04 Å². The van der Waals surface area contributed by atoms with Crippen molar-refractivity contribution in [3.63, 3.8) is 0 Å². The maximum Gasteiger partial charge on any atom is 0.137 e. The predicted octanol–water partition coefficient (Wildman–Crippen LogP) is 2.15. The molecule has 1 aliphatic heterocycles. The minimum Gasteiger partial charge on any atom is -0.492 e. The molecular weight excluding hydrogens is 228 g/mol. The third kappa shape index (κ3) is 3.00. The smallest absolute Gasteiger partial charge is 0.137 e. The molecule has 18 heavy (non-hydrogen) atoms. The molecule has 1 aromatic heterocycles. The van der Waals surface area contributed by atoms with Gasteiger partial charge in [0.25, 0.3) is 0 Å². The second-order valence-corrected chi connectivity index (χ2v) is 4.92. The third-order valence-corrected chi connectivity index (χ3v) is 3.60. The Morgan fingerprint density at radius 2 is 2.39 bits per heavy atom. The van der Waals surface area contributed by atoms with Crippen LogP contribution in [-0.4, -0.2) is 24.8 Å². The summed E-state index contributed by atoms with van der Waals surface area (Å²) in [7, 11) is 0. The second kappa shape index (κ2) is 6.16. The van der Waals surface area contributed by atoms with Crippen LogP contribution < -0.4 is 10.5 Å². The lowest BCUT2D eigenvalue weighted by atomic mass is 9.81. The Bertz CT molecular complexity index is 384. The van der Waals surface area contributed by atoms with E-state index in [4.69, 9.17) is 15.2 Å². The molecule has 4 nitrogen and oxygen atoms in total. The molecule has 4 heteroatoms. The van der Waals surface area contributed by atoms with Gasteiger partial charge in [-0.05, 0) is 36.8 Å². The van der Waals surface area contributed by atoms with Crippen molar-refractivity contribution >= 4 is 0 Å². The predicted molar refractivity (Wildman–Crippen MR) is 70.4 cm³/mol. The summed E-state index contributed by atoms with van der Waals surface area (Å²) in [6.45, 7) is 6.42. The molecule has 3 atom stereocenters. The standard InChI is InChI=1S/C14H22N2O2/c1-3-18-12-6-11(7-16-8-12)14(15)13-4-5-17-9-10(13)2/h6-8,10,13-14H,3-5,9,15H2,1-2H3. The summed E-state index contributed by atoms with van der Waals surface area (Å²) in [6, 6.07) is 2.01. The lowest BCUT2D eigenvalue weighted by molar-refractivity contribution is 0.0154. The lowest BCUT2D eigenvalue weighted by Gasteiger charge is -2.33. The number of aromatic nitrogens is 1. The molecule has 0 amide bonds. The SMILES string of the molecule is CCOc1cncc(C(N)C2CCOCC2C)c1. The molecule has 0 bridgehead atoms. The van der Waals surface area contributed by atoms with Gasteiger partial charge in [0, 0.05) is 25.5 Å². The maximum atomic E-state index is 6.37. The van der Waals surface area contributed by atoms with Crippen LogP contribution in [-0.2, 0) is 4.74 Å². The fourth-order valence-corrected chi connectivity index (χ4v) is 2.54. The van der Waals surface area contributed by atoms with Gasteiger partial charge in [-0.15, -0.1) is 0 Å². The summed E-state index contributed by atoms with van der Waals surface area (Å²) in [5, 5.41) is 0. The summed E-state index contributed by atoms with van der Waals surface area (Å²) in [4.78, 5) is 4.21. The van der Waals surface area contributed by atoms with Crippen LogP contribution in [0.4, 0.5) is 0 Å². The van der Waals surface area contributed by atoms with Crippen LogP contribution in [0.3, 0.4) is 0 Å². The Kier molecular flexibility index (Phi) is 4.55. The van der Waals surface area contributed by atoms with E-state index < -0.39 is 0 Å². The van der Waals surface area contributed by atoms with E-state index in [1.54, 1.807) is 6.20 Å². The maximum absolute atomic E-state index is 6.37. The fourth-order valence-electron chi connectivity index (χ4n) is 2.54. The zero-order valence-electron chi connectivity index (χ0n) is 11.1. The van der Waals surface area contributed by atoms with Crippen LogP contribution in [0.15, 0.2) is 18.5 Å². The van der Waals surface area contributed by atoms with Gasteiger partial charge < -0.3 is 15.2 Å². The Morgan fingerprint density at radius 3 is 3.11 bits per heavy atom. The highest BCUT2D eigenvalue weighted by molar-refractivity contribution is 5.26. The van der Waals surface area contributed by atoms with Crippen LogP contribution >= 0.6 is 0 Å². The topological polar surface area (TPSA) is 57.4 Å². The van der Waals surface area contributed by atoms with Crippen molar-refractivity contribution < 1.29 is 9.47 Å². The quantitative estimate of drug-likeness (QED) is 0.889. The number of nitrogens with zero attached hydrogens (tertiary/aromatic N) is 1. The van der Waals surface area contributed by atoms with Gasteiger partial charge in [-0.1, -0.05) is 6.92 Å². The first-order chi connectivity index (χ1) is 8.72. The molecule has 2 rings (SSSR count). The van der Waals surface area contributed by atoms with E-state index in [1.807, 2.05) is 19.2 Å². The van der Waals surface area contributed by atoms with Crippen LogP contribution in [0, 0.1) is 11.8 Å². The zero-order chi connectivity index (χ0) is 13.0. The van der Waals surface area contributed by atoms with E-state index in [0.29, 0.717) is 18.4 Å². The number of pyridine rings is 1. The molecule has 0 radical (unpaired) electrons. The molecule has 3 unspecified atom stereocenters. The van der Waals surface area contributed by atoms with Crippen molar-refractivity contribution in [2.45, 2.75) is 26.3 Å². The summed E-state index contributed by atoms with van der Waals surface area (Å²) in [6.07, 6.45) is 4.59. The first-order valence-corrected chi connectivity index (χ1v) is 6.63. The number of rotatable bonds is 4. The summed E-state index contributed by atoms with van der Waals surface area (Å²) in [5.41, 5.74) is 7.43. The van der Waals surface area contributed by atoms with E-state index >= 15 is 0 Å². The minimum absolute atomic E-state index is 0.0109. The Labute approximate surface area is 108 Å². The van der Waals surface area contributed by atoms with Crippen molar-refractivity contribution in [1.82, 2.24) is 4.98 Å². The Balaban J connectivity index is 2.11. The van der Waals surface area contributed by atoms with E-state index in [0.717, 1.165) is 30.9 Å². The van der Waals surface area contributed by atoms with Crippen molar-refractivity contribution in [3.8, 4) is 5.75 Å². The third-order valence-electron chi connectivity index (χ3n) is 3.60. The van der Waals surface area contributed by atoms with Gasteiger partial charge in [0.1, 0.15) is 5.75 Å². The molecule has 1 saturated heterocycles. The molecule has 0 aliphatic carbocycles. The molecule has 100 valence electrons. The summed E-state index contributed by atoms with van der Waals surface area (Å²) in [5.74, 6) is 1.74. The average molecular weight is 250 g/mol. The van der Waals surface area contributed by atoms with Crippen molar-refractivity contribution in [2.75, 3.05) is 19.8 Å². The van der Waals surface area contributed by atoms with Crippen molar-refractivity contribution in [3.05, 3.63) is 24.0 Å². The Hall–Kier alpha value is -1.13. The fraction of sp³-hybridized carbons (Fsp3) is 0.643. The number of hydrogen-bond acceptors (Lipinski definition) is 4. The highest BCUT2D eigenvalue weighted by atomic mass is 16.5. The molecule has 2 N–H and O–H groups in total. The highest BCUT2D eigenvalue weighted by Gasteiger charge is 2.28. The van der Waals surface area contributed by atoms with Crippen molar-refractivity contribution in [1.29, 1.82) is 0 Å². The van der Waals surface area contributed by atoms with Crippen molar-refractivity contribution in [2.24, 2.45) is 17.6 Å². The minimum atomic E-state index is 0.0109. The molecule has 0 saturated carbocycles. The lowest BCUT2D eigenvalue weighted by Crippen LogP contribution is -2.34. The molecule has 2 heterocycles. The largest absolute Gasteiger partial charge is 0.492 e. The van der Waals surface area contributed by atoms with Crippen LogP contribution in [0.5, 0.6) is 5.75 Å². The van der Waals surface area contributed by atoms with E-state index in [9.17, 15) is 0 Å². The van der Waals surface area contributed by atoms with Gasteiger partial charge in [0.05, 0.1) is 12.8 Å². The normalized spacial score (nSPS) is 25.7. The molecule has 0 aromatic carbocycles. The van der Waals surface area contributed by atoms with Crippen LogP contribution in [0.2, 0.25) is 0 Å². The molecule has 1 fully saturated rings. The van der Waals surface area contributed by atoms with E-state index in [2.05, 4.69) is 11.9 Å². The first kappa shape index (κ1) is 13.3. The summed E-state index contributed by atoms with van der Waals surface area (Å²) >= 11 is 0. The van der Waals surface area contributed by atoms with Gasteiger partial charge in [-0.25, -0.2) is 0 Å². The van der Waals surface area contributed by atoms with E-state index in [1.165, 1.54) is 0 Å². The Morgan fingerprint density at radius 1 is 1.56 bits per heavy atom. The van der Waals surface area contributed by atoms with Gasteiger partial charge in [0.2, 0.25) is 0 Å². The second-order valence-electron chi connectivity index (χ2n) is 4.92. The average Bonchev–Trinajstić information content (AvgIpc) is 2.39. The number of nitrogens with two attached hydrogens (primary N) is 1. The van der Waals surface area contributed by atoms with Gasteiger partial charge in [-0.2, -0.15) is 0 Å². The van der Waals surface area contributed by atoms with Crippen LogP contribution in [0.25, 0.3) is 0 Å². The van der Waals surface area contributed by atoms with Gasteiger partial charge in [0.15, 0.2) is 0 Å². The van der Waals surface area contributed by atoms with Gasteiger partial charge in [-0.3, -0.25) is 4.98 Å². The summed E-state index contributed by atoms with van der Waals surface area (Å²) < 4.78 is 10.9. The molecule has 0 spiro atoms. The van der Waals surface area contributed by atoms with Crippen LogP contribution in [0.1, 0.15) is 31.9 Å². The number of ether oxygens (including phenoxy) is 2.